The van der Waals surface area contributed by atoms with Gasteiger partial charge in [-0.25, -0.2) is 18.4 Å². The summed E-state index contributed by atoms with van der Waals surface area (Å²) in [6, 6.07) is 5.75. The van der Waals surface area contributed by atoms with E-state index in [1.807, 2.05) is 25.1 Å². The normalized spacial score (nSPS) is 19.1. The number of fused-ring (bicyclic) bond motifs is 2. The second kappa shape index (κ2) is 12.9. The number of nitrogens with zero attached hydrogens (tertiary/aromatic N) is 5. The Morgan fingerprint density at radius 2 is 1.82 bits per heavy atom. The summed E-state index contributed by atoms with van der Waals surface area (Å²) in [5, 5.41) is 12.0. The van der Waals surface area contributed by atoms with Crippen LogP contribution in [-0.2, 0) is 9.84 Å². The highest BCUT2D eigenvalue weighted by atomic mass is 32.2. The quantitative estimate of drug-likeness (QED) is 0.235. The van der Waals surface area contributed by atoms with Gasteiger partial charge in [0.15, 0.2) is 12.4 Å². The van der Waals surface area contributed by atoms with Crippen molar-refractivity contribution < 1.29 is 26.3 Å². The summed E-state index contributed by atoms with van der Waals surface area (Å²) in [6.07, 6.45) is 3.38. The number of likely N-dealkylation sites (tertiary alicyclic amines) is 1. The molecular formula is C35H42F3N7O3S. The summed E-state index contributed by atoms with van der Waals surface area (Å²) >= 11 is 0. The highest BCUT2D eigenvalue weighted by Crippen LogP contribution is 2.47. The second-order valence-corrected chi connectivity index (χ2v) is 16.3. The molecule has 49 heavy (non-hydrogen) atoms. The molecule has 2 aromatic heterocycles. The van der Waals surface area contributed by atoms with Crippen molar-refractivity contribution in [3.63, 3.8) is 0 Å². The lowest BCUT2D eigenvalue weighted by Crippen LogP contribution is -2.58. The lowest BCUT2D eigenvalue weighted by atomic mass is 9.73. The number of halogens is 3. The van der Waals surface area contributed by atoms with Crippen LogP contribution in [0.5, 0.6) is 5.75 Å². The van der Waals surface area contributed by atoms with E-state index in [0.29, 0.717) is 71.7 Å². The Morgan fingerprint density at radius 3 is 2.45 bits per heavy atom. The molecule has 0 amide bonds. The number of anilines is 1. The maximum Gasteiger partial charge on any atom is 0.422 e. The fourth-order valence-electron chi connectivity index (χ4n) is 7.59. The Labute approximate surface area is 284 Å². The number of hydrogen-bond donors (Lipinski definition) is 2. The monoisotopic (exact) mass is 697 g/mol. The average Bonchev–Trinajstić information content (AvgIpc) is 3.53. The third-order valence-corrected chi connectivity index (χ3v) is 11.4. The van der Waals surface area contributed by atoms with Gasteiger partial charge in [-0.1, -0.05) is 18.7 Å². The first-order valence-electron chi connectivity index (χ1n) is 16.8. The summed E-state index contributed by atoms with van der Waals surface area (Å²) in [7, 11) is -3.09. The number of H-pyrrole nitrogens is 1. The number of piperidine rings is 2. The molecule has 3 saturated heterocycles. The molecule has 0 saturated carbocycles. The summed E-state index contributed by atoms with van der Waals surface area (Å²) in [5.41, 5.74) is 4.03. The molecule has 14 heteroatoms. The van der Waals surface area contributed by atoms with E-state index in [9.17, 15) is 21.6 Å². The number of alkyl halides is 3. The smallest absolute Gasteiger partial charge is 0.422 e. The number of nitrogens with one attached hydrogen (secondary N) is 2. The third-order valence-electron chi connectivity index (χ3n) is 10.5. The number of aromatic nitrogens is 4. The standard InChI is InChI=1S/C35H42F3N7O3S/c1-4-23-17-25-30(31(48-21-35(36,37)38)29(23)28-22(2)5-6-27-26(28)18-40-43-27)41-32(24-7-11-44(12-8-24)15-16-49(3,46)47)42-33(25)45-13-9-34(10-14-45)19-39-20-34/h4-6,17-18,24,39H,1,7-16,19-21H2,2-3H3,(H,40,43). The molecule has 2 aromatic carbocycles. The van der Waals surface area contributed by atoms with E-state index in [0.717, 1.165) is 55.5 Å². The van der Waals surface area contributed by atoms with Gasteiger partial charge in [0.25, 0.3) is 0 Å². The van der Waals surface area contributed by atoms with Crippen molar-refractivity contribution in [3.05, 3.63) is 47.9 Å². The number of aryl methyl sites for hydroxylation is 1. The van der Waals surface area contributed by atoms with Crippen LogP contribution < -0.4 is 15.0 Å². The summed E-state index contributed by atoms with van der Waals surface area (Å²) in [5.74, 6) is 1.36. The van der Waals surface area contributed by atoms with Crippen LogP contribution in [-0.4, -0.2) is 104 Å². The van der Waals surface area contributed by atoms with Gasteiger partial charge in [-0.05, 0) is 79.9 Å². The lowest BCUT2D eigenvalue weighted by molar-refractivity contribution is -0.153. The number of benzene rings is 2. The van der Waals surface area contributed by atoms with Crippen LogP contribution in [0.3, 0.4) is 0 Å². The highest BCUT2D eigenvalue weighted by molar-refractivity contribution is 7.90. The fourth-order valence-corrected chi connectivity index (χ4v) is 8.18. The van der Waals surface area contributed by atoms with Gasteiger partial charge in [-0.2, -0.15) is 18.3 Å². The van der Waals surface area contributed by atoms with E-state index >= 15 is 0 Å². The van der Waals surface area contributed by atoms with E-state index in [4.69, 9.17) is 14.7 Å². The van der Waals surface area contributed by atoms with Crippen LogP contribution >= 0.6 is 0 Å². The first kappa shape index (κ1) is 33.7. The molecule has 0 radical (unpaired) electrons. The number of sulfone groups is 1. The van der Waals surface area contributed by atoms with Gasteiger partial charge in [0.05, 0.1) is 17.5 Å². The minimum atomic E-state index is -4.58. The first-order valence-corrected chi connectivity index (χ1v) is 18.9. The van der Waals surface area contributed by atoms with E-state index in [-0.39, 0.29) is 22.8 Å². The minimum Gasteiger partial charge on any atom is -0.481 e. The van der Waals surface area contributed by atoms with Crippen LogP contribution in [0.25, 0.3) is 39.0 Å². The molecule has 7 rings (SSSR count). The predicted octanol–water partition coefficient (Wildman–Crippen LogP) is 5.48. The average molecular weight is 698 g/mol. The largest absolute Gasteiger partial charge is 0.481 e. The zero-order chi connectivity index (χ0) is 34.6. The van der Waals surface area contributed by atoms with E-state index < -0.39 is 22.6 Å². The molecule has 0 unspecified atom stereocenters. The molecule has 0 bridgehead atoms. The van der Waals surface area contributed by atoms with Gasteiger partial charge in [0, 0.05) is 61.2 Å². The highest BCUT2D eigenvalue weighted by Gasteiger charge is 2.41. The van der Waals surface area contributed by atoms with Crippen molar-refractivity contribution in [3.8, 4) is 16.9 Å². The molecule has 0 aliphatic carbocycles. The fraction of sp³-hybridized carbons (Fsp3) is 0.514. The number of aromatic amines is 1. The van der Waals surface area contributed by atoms with Crippen molar-refractivity contribution in [2.24, 2.45) is 5.41 Å². The Balaban J connectivity index is 1.39. The molecule has 0 atom stereocenters. The van der Waals surface area contributed by atoms with Gasteiger partial charge in [-0.3, -0.25) is 5.10 Å². The molecule has 10 nitrogen and oxygen atoms in total. The summed E-state index contributed by atoms with van der Waals surface area (Å²) in [4.78, 5) is 14.6. The maximum absolute atomic E-state index is 13.9. The number of ether oxygens (including phenoxy) is 1. The van der Waals surface area contributed by atoms with Crippen molar-refractivity contribution >= 4 is 43.5 Å². The molecule has 5 heterocycles. The molecular weight excluding hydrogens is 655 g/mol. The molecule has 3 aliphatic rings. The van der Waals surface area contributed by atoms with Gasteiger partial charge in [0.1, 0.15) is 27.0 Å². The Hall–Kier alpha value is -3.75. The maximum atomic E-state index is 13.9. The van der Waals surface area contributed by atoms with Gasteiger partial charge in [0.2, 0.25) is 0 Å². The van der Waals surface area contributed by atoms with Crippen molar-refractivity contribution in [2.45, 2.75) is 44.7 Å². The molecule has 2 N–H and O–H groups in total. The van der Waals surface area contributed by atoms with Crippen LogP contribution in [0.15, 0.2) is 31.0 Å². The topological polar surface area (TPSA) is 116 Å². The Bertz CT molecular complexity index is 1990. The van der Waals surface area contributed by atoms with Crippen molar-refractivity contribution in [1.82, 2.24) is 30.4 Å². The van der Waals surface area contributed by atoms with Crippen LogP contribution in [0, 0.1) is 12.3 Å². The van der Waals surface area contributed by atoms with Crippen molar-refractivity contribution in [2.75, 3.05) is 69.3 Å². The van der Waals surface area contributed by atoms with Crippen LogP contribution in [0.4, 0.5) is 19.0 Å². The molecule has 262 valence electrons. The Morgan fingerprint density at radius 1 is 1.08 bits per heavy atom. The zero-order valence-electron chi connectivity index (χ0n) is 27.9. The molecule has 3 fully saturated rings. The lowest BCUT2D eigenvalue weighted by Gasteiger charge is -2.48. The molecule has 3 aliphatic heterocycles. The van der Waals surface area contributed by atoms with Gasteiger partial charge in [-0.15, -0.1) is 0 Å². The SMILES string of the molecule is C=Cc1cc2c(N3CCC4(CC3)CNC4)nc(C3CCN(CCS(C)(=O)=O)CC3)nc2c(OCC(F)(F)F)c1-c1c(C)ccc2[nH]ncc12. The number of rotatable bonds is 9. The van der Waals surface area contributed by atoms with E-state index in [1.165, 1.54) is 6.26 Å². The molecule has 1 spiro atoms. The second-order valence-electron chi connectivity index (χ2n) is 14.0. The third kappa shape index (κ3) is 6.87. The summed E-state index contributed by atoms with van der Waals surface area (Å²) in [6.45, 7) is 9.85. The van der Waals surface area contributed by atoms with Gasteiger partial charge < -0.3 is 19.9 Å². The van der Waals surface area contributed by atoms with E-state index in [1.54, 1.807) is 12.3 Å². The zero-order valence-corrected chi connectivity index (χ0v) is 28.7. The minimum absolute atomic E-state index is 0.0497. The van der Waals surface area contributed by atoms with Gasteiger partial charge >= 0.3 is 6.18 Å². The van der Waals surface area contributed by atoms with Crippen LogP contribution in [0.2, 0.25) is 0 Å². The summed E-state index contributed by atoms with van der Waals surface area (Å²) < 4.78 is 71.2. The molecule has 4 aromatic rings. The van der Waals surface area contributed by atoms with Crippen LogP contribution in [0.1, 0.15) is 48.6 Å². The predicted molar refractivity (Wildman–Crippen MR) is 186 cm³/mol. The first-order chi connectivity index (χ1) is 23.3. The number of hydrogen-bond acceptors (Lipinski definition) is 9. The van der Waals surface area contributed by atoms with E-state index in [2.05, 4.69) is 31.9 Å². The Kier molecular flexibility index (Phi) is 8.85. The van der Waals surface area contributed by atoms with Crippen molar-refractivity contribution in [1.29, 1.82) is 0 Å².